The third-order valence-corrected chi connectivity index (χ3v) is 3.63. The molecule has 0 fully saturated rings. The maximum absolute atomic E-state index is 11.3. The van der Waals surface area contributed by atoms with E-state index in [0.29, 0.717) is 22.5 Å². The first-order valence-electron chi connectivity index (χ1n) is 7.32. The standard InChI is InChI=1S/C19H15N3O2/c20-18(23)14-6-1-4-12(10-14)16-8-3-9-17(22-16)13-5-2-7-15(11-13)19(21)24/h1-11H,(H2,20,23)(H2,21,24). The summed E-state index contributed by atoms with van der Waals surface area (Å²) in [4.78, 5) is 27.3. The minimum atomic E-state index is -0.484. The van der Waals surface area contributed by atoms with Gasteiger partial charge in [-0.25, -0.2) is 4.98 Å². The molecule has 0 atom stereocenters. The predicted molar refractivity (Wildman–Crippen MR) is 92.1 cm³/mol. The fourth-order valence-corrected chi connectivity index (χ4v) is 2.42. The molecule has 1 aromatic heterocycles. The van der Waals surface area contributed by atoms with E-state index >= 15 is 0 Å². The van der Waals surface area contributed by atoms with E-state index < -0.39 is 11.8 Å². The lowest BCUT2D eigenvalue weighted by molar-refractivity contribution is 0.0992. The third-order valence-electron chi connectivity index (χ3n) is 3.63. The summed E-state index contributed by atoms with van der Waals surface area (Å²) in [6.07, 6.45) is 0. The van der Waals surface area contributed by atoms with E-state index in [-0.39, 0.29) is 0 Å². The van der Waals surface area contributed by atoms with Gasteiger partial charge >= 0.3 is 0 Å². The van der Waals surface area contributed by atoms with Crippen molar-refractivity contribution in [1.29, 1.82) is 0 Å². The molecular weight excluding hydrogens is 302 g/mol. The van der Waals surface area contributed by atoms with Crippen molar-refractivity contribution in [2.24, 2.45) is 11.5 Å². The van der Waals surface area contributed by atoms with Crippen LogP contribution in [0.3, 0.4) is 0 Å². The van der Waals surface area contributed by atoms with Crippen LogP contribution in [-0.2, 0) is 0 Å². The summed E-state index contributed by atoms with van der Waals surface area (Å²) in [5.41, 5.74) is 14.5. The number of pyridine rings is 1. The molecule has 3 aromatic rings. The second-order valence-electron chi connectivity index (χ2n) is 5.30. The molecule has 2 aromatic carbocycles. The van der Waals surface area contributed by atoms with Crippen molar-refractivity contribution in [2.45, 2.75) is 0 Å². The molecule has 0 radical (unpaired) electrons. The summed E-state index contributed by atoms with van der Waals surface area (Å²) < 4.78 is 0. The monoisotopic (exact) mass is 317 g/mol. The number of hydrogen-bond acceptors (Lipinski definition) is 3. The van der Waals surface area contributed by atoms with Crippen LogP contribution in [0.1, 0.15) is 20.7 Å². The van der Waals surface area contributed by atoms with E-state index in [9.17, 15) is 9.59 Å². The first kappa shape index (κ1) is 15.4. The highest BCUT2D eigenvalue weighted by Gasteiger charge is 2.08. The maximum Gasteiger partial charge on any atom is 0.248 e. The molecule has 1 heterocycles. The van der Waals surface area contributed by atoms with Crippen LogP contribution in [0.25, 0.3) is 22.5 Å². The van der Waals surface area contributed by atoms with Gasteiger partial charge in [0.1, 0.15) is 0 Å². The van der Waals surface area contributed by atoms with Crippen LogP contribution in [-0.4, -0.2) is 16.8 Å². The van der Waals surface area contributed by atoms with Crippen molar-refractivity contribution in [2.75, 3.05) is 0 Å². The highest BCUT2D eigenvalue weighted by atomic mass is 16.1. The van der Waals surface area contributed by atoms with Gasteiger partial charge in [0.05, 0.1) is 11.4 Å². The van der Waals surface area contributed by atoms with E-state index in [1.165, 1.54) is 0 Å². The van der Waals surface area contributed by atoms with E-state index in [1.807, 2.05) is 30.3 Å². The van der Waals surface area contributed by atoms with Crippen LogP contribution in [0.2, 0.25) is 0 Å². The Hall–Kier alpha value is -3.47. The summed E-state index contributed by atoms with van der Waals surface area (Å²) in [5.74, 6) is -0.968. The fraction of sp³-hybridized carbons (Fsp3) is 0. The predicted octanol–water partition coefficient (Wildman–Crippen LogP) is 2.61. The first-order chi connectivity index (χ1) is 11.5. The van der Waals surface area contributed by atoms with Crippen molar-refractivity contribution < 1.29 is 9.59 Å². The Balaban J connectivity index is 2.04. The molecule has 0 saturated heterocycles. The summed E-state index contributed by atoms with van der Waals surface area (Å²) >= 11 is 0. The van der Waals surface area contributed by atoms with Crippen LogP contribution < -0.4 is 11.5 Å². The van der Waals surface area contributed by atoms with Crippen molar-refractivity contribution in [3.05, 3.63) is 77.9 Å². The van der Waals surface area contributed by atoms with Crippen LogP contribution in [0.5, 0.6) is 0 Å². The summed E-state index contributed by atoms with van der Waals surface area (Å²) in [6, 6.07) is 19.5. The van der Waals surface area contributed by atoms with Gasteiger partial charge in [0.2, 0.25) is 11.8 Å². The zero-order chi connectivity index (χ0) is 17.1. The van der Waals surface area contributed by atoms with Gasteiger partial charge in [-0.3, -0.25) is 9.59 Å². The Labute approximate surface area is 138 Å². The Bertz CT molecular complexity index is 862. The molecule has 0 bridgehead atoms. The van der Waals surface area contributed by atoms with Gasteiger partial charge in [0.15, 0.2) is 0 Å². The maximum atomic E-state index is 11.3. The lowest BCUT2D eigenvalue weighted by atomic mass is 10.0. The van der Waals surface area contributed by atoms with Crippen LogP contribution in [0.4, 0.5) is 0 Å². The molecule has 0 saturated carbocycles. The average Bonchev–Trinajstić information content (AvgIpc) is 2.62. The van der Waals surface area contributed by atoms with Gasteiger partial charge in [0, 0.05) is 22.3 Å². The molecule has 5 nitrogen and oxygen atoms in total. The molecule has 118 valence electrons. The summed E-state index contributed by atoms with van der Waals surface area (Å²) in [7, 11) is 0. The fourth-order valence-electron chi connectivity index (χ4n) is 2.42. The van der Waals surface area contributed by atoms with Gasteiger partial charge in [-0.2, -0.15) is 0 Å². The molecule has 0 spiro atoms. The Morgan fingerprint density at radius 1 is 0.667 bits per heavy atom. The van der Waals surface area contributed by atoms with Gasteiger partial charge in [-0.05, 0) is 36.4 Å². The van der Waals surface area contributed by atoms with E-state index in [1.54, 1.807) is 36.4 Å². The lowest BCUT2D eigenvalue weighted by Crippen LogP contribution is -2.10. The summed E-state index contributed by atoms with van der Waals surface area (Å²) in [5, 5.41) is 0. The minimum Gasteiger partial charge on any atom is -0.366 e. The quantitative estimate of drug-likeness (QED) is 0.773. The number of amides is 2. The Morgan fingerprint density at radius 3 is 1.50 bits per heavy atom. The molecule has 5 heteroatoms. The van der Waals surface area contributed by atoms with Crippen molar-refractivity contribution in [3.8, 4) is 22.5 Å². The average molecular weight is 317 g/mol. The molecule has 4 N–H and O–H groups in total. The van der Waals surface area contributed by atoms with Gasteiger partial charge in [-0.15, -0.1) is 0 Å². The number of hydrogen-bond donors (Lipinski definition) is 2. The van der Waals surface area contributed by atoms with Crippen molar-refractivity contribution >= 4 is 11.8 Å². The topological polar surface area (TPSA) is 99.1 Å². The number of benzene rings is 2. The normalized spacial score (nSPS) is 10.3. The zero-order valence-corrected chi connectivity index (χ0v) is 12.8. The minimum absolute atomic E-state index is 0.426. The smallest absolute Gasteiger partial charge is 0.248 e. The van der Waals surface area contributed by atoms with Gasteiger partial charge < -0.3 is 11.5 Å². The molecule has 24 heavy (non-hydrogen) atoms. The van der Waals surface area contributed by atoms with Crippen molar-refractivity contribution in [3.63, 3.8) is 0 Å². The third kappa shape index (κ3) is 3.15. The highest BCUT2D eigenvalue weighted by molar-refractivity contribution is 5.94. The molecule has 2 amide bonds. The second-order valence-corrected chi connectivity index (χ2v) is 5.30. The Kier molecular flexibility index (Phi) is 4.07. The number of nitrogens with zero attached hydrogens (tertiary/aromatic N) is 1. The van der Waals surface area contributed by atoms with Crippen LogP contribution >= 0.6 is 0 Å². The second kappa shape index (κ2) is 6.34. The number of carbonyl (C=O) groups excluding carboxylic acids is 2. The molecule has 3 rings (SSSR count). The lowest BCUT2D eigenvalue weighted by Gasteiger charge is -2.07. The number of aromatic nitrogens is 1. The highest BCUT2D eigenvalue weighted by Crippen LogP contribution is 2.24. The van der Waals surface area contributed by atoms with Gasteiger partial charge in [0.25, 0.3) is 0 Å². The van der Waals surface area contributed by atoms with Crippen molar-refractivity contribution in [1.82, 2.24) is 4.98 Å². The Morgan fingerprint density at radius 2 is 1.08 bits per heavy atom. The number of carbonyl (C=O) groups is 2. The van der Waals surface area contributed by atoms with E-state index in [2.05, 4.69) is 4.98 Å². The zero-order valence-electron chi connectivity index (χ0n) is 12.8. The number of rotatable bonds is 4. The molecule has 0 aliphatic carbocycles. The largest absolute Gasteiger partial charge is 0.366 e. The SMILES string of the molecule is NC(=O)c1cccc(-c2cccc(-c3cccc(C(N)=O)c3)n2)c1. The van der Waals surface area contributed by atoms with E-state index in [0.717, 1.165) is 11.1 Å². The van der Waals surface area contributed by atoms with Crippen LogP contribution in [0, 0.1) is 0 Å². The number of primary amides is 2. The molecule has 0 unspecified atom stereocenters. The molecule has 0 aliphatic heterocycles. The molecular formula is C19H15N3O2. The van der Waals surface area contributed by atoms with Gasteiger partial charge in [-0.1, -0.05) is 30.3 Å². The number of nitrogens with two attached hydrogens (primary N) is 2. The summed E-state index contributed by atoms with van der Waals surface area (Å²) in [6.45, 7) is 0. The first-order valence-corrected chi connectivity index (χ1v) is 7.32. The molecule has 0 aliphatic rings. The van der Waals surface area contributed by atoms with E-state index in [4.69, 9.17) is 11.5 Å². The van der Waals surface area contributed by atoms with Crippen LogP contribution in [0.15, 0.2) is 66.7 Å².